The molecule has 0 bridgehead atoms. The quantitative estimate of drug-likeness (QED) is 0.619. The molecule has 0 radical (unpaired) electrons. The number of benzene rings is 1. The number of nitrogens with zero attached hydrogens (tertiary/aromatic N) is 2. The number of hydrogen-bond donors (Lipinski definition) is 2. The molecular weight excluding hydrogens is 288 g/mol. The predicted octanol–water partition coefficient (Wildman–Crippen LogP) is 0.965. The minimum absolute atomic E-state index is 0.0835. The lowest BCUT2D eigenvalue weighted by atomic mass is 10.1. The van der Waals surface area contributed by atoms with Gasteiger partial charge in [-0.1, -0.05) is 0 Å². The number of nitrogens with two attached hydrogens (primary N) is 1. The molecule has 3 N–H and O–H groups in total. The molecule has 8 nitrogen and oxygen atoms in total. The molecule has 1 fully saturated rings. The van der Waals surface area contributed by atoms with Crippen molar-refractivity contribution >= 4 is 17.3 Å². The van der Waals surface area contributed by atoms with E-state index >= 15 is 0 Å². The summed E-state index contributed by atoms with van der Waals surface area (Å²) in [7, 11) is 1.40. The Hall–Kier alpha value is -2.19. The molecule has 1 heterocycles. The van der Waals surface area contributed by atoms with Gasteiger partial charge in [-0.3, -0.25) is 19.8 Å². The third-order valence-corrected chi connectivity index (χ3v) is 3.67. The summed E-state index contributed by atoms with van der Waals surface area (Å²) in [5.41, 5.74) is 6.17. The monoisotopic (exact) mass is 308 g/mol. The van der Waals surface area contributed by atoms with Crippen molar-refractivity contribution in [2.75, 3.05) is 32.1 Å². The molecule has 0 aromatic heterocycles. The number of amides is 1. The maximum atomic E-state index is 12.1. The van der Waals surface area contributed by atoms with Gasteiger partial charge >= 0.3 is 0 Å². The van der Waals surface area contributed by atoms with Gasteiger partial charge in [0.05, 0.1) is 30.3 Å². The zero-order valence-corrected chi connectivity index (χ0v) is 12.4. The second-order valence-corrected chi connectivity index (χ2v) is 5.30. The summed E-state index contributed by atoms with van der Waals surface area (Å²) >= 11 is 0. The first-order valence-corrected chi connectivity index (χ1v) is 7.10. The van der Waals surface area contributed by atoms with E-state index in [0.29, 0.717) is 5.69 Å². The van der Waals surface area contributed by atoms with Gasteiger partial charge in [0.25, 0.3) is 5.69 Å². The molecule has 1 saturated heterocycles. The number of likely N-dealkylation sites (tertiary alicyclic amines) is 1. The highest BCUT2D eigenvalue weighted by Crippen LogP contribution is 2.28. The van der Waals surface area contributed by atoms with E-state index in [-0.39, 0.29) is 29.9 Å². The van der Waals surface area contributed by atoms with E-state index in [0.717, 1.165) is 25.9 Å². The molecule has 0 spiro atoms. The standard InChI is InChI=1S/C14H20N4O4/c1-22-13-8-11(18(20)21)2-3-12(13)16-14(19)9-17-6-4-10(15)5-7-17/h2-3,8,10H,4-7,9,15H2,1H3,(H,16,19). The minimum atomic E-state index is -0.509. The molecule has 0 atom stereocenters. The zero-order chi connectivity index (χ0) is 16.1. The van der Waals surface area contributed by atoms with E-state index in [1.54, 1.807) is 0 Å². The van der Waals surface area contributed by atoms with Gasteiger partial charge in [0.2, 0.25) is 5.91 Å². The first kappa shape index (κ1) is 16.2. The van der Waals surface area contributed by atoms with Gasteiger partial charge in [-0.25, -0.2) is 0 Å². The third-order valence-electron chi connectivity index (χ3n) is 3.67. The van der Waals surface area contributed by atoms with Crippen LogP contribution in [0.15, 0.2) is 18.2 Å². The number of methoxy groups -OCH3 is 1. The highest BCUT2D eigenvalue weighted by molar-refractivity contribution is 5.93. The second-order valence-electron chi connectivity index (χ2n) is 5.30. The van der Waals surface area contributed by atoms with Gasteiger partial charge in [-0.15, -0.1) is 0 Å². The van der Waals surface area contributed by atoms with Gasteiger partial charge < -0.3 is 15.8 Å². The molecule has 1 aliphatic heterocycles. The number of nitro groups is 1. The number of hydrogen-bond acceptors (Lipinski definition) is 6. The molecule has 1 aliphatic rings. The number of ether oxygens (including phenoxy) is 1. The van der Waals surface area contributed by atoms with E-state index < -0.39 is 4.92 Å². The lowest BCUT2D eigenvalue weighted by Gasteiger charge is -2.29. The largest absolute Gasteiger partial charge is 0.494 e. The van der Waals surface area contributed by atoms with Gasteiger partial charge in [0, 0.05) is 25.2 Å². The lowest BCUT2D eigenvalue weighted by Crippen LogP contribution is -2.43. The van der Waals surface area contributed by atoms with Gasteiger partial charge in [-0.2, -0.15) is 0 Å². The van der Waals surface area contributed by atoms with Gasteiger partial charge in [0.15, 0.2) is 0 Å². The van der Waals surface area contributed by atoms with Crippen LogP contribution in [-0.2, 0) is 4.79 Å². The van der Waals surface area contributed by atoms with Crippen LogP contribution in [0.25, 0.3) is 0 Å². The Kier molecular flexibility index (Phi) is 5.29. The Labute approximate surface area is 128 Å². The van der Waals surface area contributed by atoms with Crippen molar-refractivity contribution < 1.29 is 14.5 Å². The van der Waals surface area contributed by atoms with E-state index in [2.05, 4.69) is 5.32 Å². The lowest BCUT2D eigenvalue weighted by molar-refractivity contribution is -0.384. The zero-order valence-electron chi connectivity index (χ0n) is 12.4. The van der Waals surface area contributed by atoms with Crippen molar-refractivity contribution in [2.24, 2.45) is 5.73 Å². The van der Waals surface area contributed by atoms with Crippen molar-refractivity contribution in [2.45, 2.75) is 18.9 Å². The number of nitrogens with one attached hydrogen (secondary N) is 1. The smallest absolute Gasteiger partial charge is 0.273 e. The highest BCUT2D eigenvalue weighted by atomic mass is 16.6. The molecule has 120 valence electrons. The fourth-order valence-electron chi connectivity index (χ4n) is 2.40. The summed E-state index contributed by atoms with van der Waals surface area (Å²) in [5.74, 6) is 0.0887. The molecule has 0 aliphatic carbocycles. The second kappa shape index (κ2) is 7.19. The molecule has 1 amide bonds. The number of rotatable bonds is 5. The average molecular weight is 308 g/mol. The summed E-state index contributed by atoms with van der Waals surface area (Å²) in [6, 6.07) is 4.31. The molecular formula is C14H20N4O4. The number of carbonyl (C=O) groups excluding carboxylic acids is 1. The van der Waals surface area contributed by atoms with Crippen molar-refractivity contribution in [1.82, 2.24) is 4.90 Å². The Bertz CT molecular complexity index is 556. The van der Waals surface area contributed by atoms with Crippen LogP contribution in [-0.4, -0.2) is 48.5 Å². The van der Waals surface area contributed by atoms with Crippen LogP contribution in [0.4, 0.5) is 11.4 Å². The van der Waals surface area contributed by atoms with Crippen LogP contribution < -0.4 is 15.8 Å². The van der Waals surface area contributed by atoms with Gasteiger partial charge in [-0.05, 0) is 18.9 Å². The van der Waals surface area contributed by atoms with Crippen LogP contribution in [0.5, 0.6) is 5.75 Å². The van der Waals surface area contributed by atoms with Crippen LogP contribution in [0.2, 0.25) is 0 Å². The summed E-state index contributed by atoms with van der Waals surface area (Å²) < 4.78 is 5.09. The van der Waals surface area contributed by atoms with E-state index in [1.807, 2.05) is 4.90 Å². The minimum Gasteiger partial charge on any atom is -0.494 e. The number of anilines is 1. The highest BCUT2D eigenvalue weighted by Gasteiger charge is 2.19. The number of piperidine rings is 1. The number of carbonyl (C=O) groups is 1. The Balaban J connectivity index is 1.97. The summed E-state index contributed by atoms with van der Waals surface area (Å²) in [6.07, 6.45) is 1.77. The van der Waals surface area contributed by atoms with Crippen LogP contribution >= 0.6 is 0 Å². The fraction of sp³-hybridized carbons (Fsp3) is 0.500. The molecule has 2 rings (SSSR count). The van der Waals surface area contributed by atoms with Crippen molar-refractivity contribution in [3.8, 4) is 5.75 Å². The van der Waals surface area contributed by atoms with E-state index in [4.69, 9.17) is 10.5 Å². The molecule has 0 unspecified atom stereocenters. The Morgan fingerprint density at radius 2 is 2.18 bits per heavy atom. The van der Waals surface area contributed by atoms with E-state index in [9.17, 15) is 14.9 Å². The number of nitro benzene ring substituents is 1. The topological polar surface area (TPSA) is 111 Å². The van der Waals surface area contributed by atoms with E-state index in [1.165, 1.54) is 25.3 Å². The SMILES string of the molecule is COc1cc([N+](=O)[O-])ccc1NC(=O)CN1CCC(N)CC1. The predicted molar refractivity (Wildman–Crippen MR) is 81.9 cm³/mol. The first-order chi connectivity index (χ1) is 10.5. The average Bonchev–Trinajstić information content (AvgIpc) is 2.49. The van der Waals surface area contributed by atoms with Gasteiger partial charge in [0.1, 0.15) is 5.75 Å². The van der Waals surface area contributed by atoms with Crippen LogP contribution in [0.3, 0.4) is 0 Å². The Morgan fingerprint density at radius 1 is 1.50 bits per heavy atom. The van der Waals surface area contributed by atoms with Crippen LogP contribution in [0, 0.1) is 10.1 Å². The molecule has 8 heteroatoms. The fourth-order valence-corrected chi connectivity index (χ4v) is 2.40. The first-order valence-electron chi connectivity index (χ1n) is 7.10. The molecule has 22 heavy (non-hydrogen) atoms. The van der Waals surface area contributed by atoms with Crippen molar-refractivity contribution in [3.63, 3.8) is 0 Å². The number of non-ortho nitro benzene ring substituents is 1. The maximum Gasteiger partial charge on any atom is 0.273 e. The summed E-state index contributed by atoms with van der Waals surface area (Å²) in [5, 5.41) is 13.5. The summed E-state index contributed by atoms with van der Waals surface area (Å²) in [4.78, 5) is 24.3. The third kappa shape index (κ3) is 4.15. The normalized spacial score (nSPS) is 16.3. The van der Waals surface area contributed by atoms with Crippen molar-refractivity contribution in [1.29, 1.82) is 0 Å². The molecule has 1 aromatic rings. The maximum absolute atomic E-state index is 12.1. The Morgan fingerprint density at radius 3 is 2.77 bits per heavy atom. The molecule has 0 saturated carbocycles. The van der Waals surface area contributed by atoms with Crippen molar-refractivity contribution in [3.05, 3.63) is 28.3 Å². The summed E-state index contributed by atoms with van der Waals surface area (Å²) in [6.45, 7) is 1.87. The van der Waals surface area contributed by atoms with Crippen LogP contribution in [0.1, 0.15) is 12.8 Å². The molecule has 1 aromatic carbocycles.